The van der Waals surface area contributed by atoms with Gasteiger partial charge >= 0.3 is 0 Å². The van der Waals surface area contributed by atoms with Crippen LogP contribution in [-0.4, -0.2) is 36.1 Å². The van der Waals surface area contributed by atoms with Gasteiger partial charge in [0.05, 0.1) is 12.6 Å². The summed E-state index contributed by atoms with van der Waals surface area (Å²) < 4.78 is 5.39. The van der Waals surface area contributed by atoms with E-state index < -0.39 is 0 Å². The van der Waals surface area contributed by atoms with E-state index in [4.69, 9.17) is 10.5 Å². The van der Waals surface area contributed by atoms with Crippen LogP contribution in [0.3, 0.4) is 0 Å². The highest BCUT2D eigenvalue weighted by molar-refractivity contribution is 5.84. The molecule has 2 aromatic rings. The van der Waals surface area contributed by atoms with Gasteiger partial charge in [-0.25, -0.2) is 0 Å². The lowest BCUT2D eigenvalue weighted by molar-refractivity contribution is 0.00749. The van der Waals surface area contributed by atoms with Gasteiger partial charge in [-0.1, -0.05) is 6.08 Å². The van der Waals surface area contributed by atoms with Crippen molar-refractivity contribution in [2.24, 2.45) is 17.6 Å². The predicted molar refractivity (Wildman–Crippen MR) is 97.0 cm³/mol. The summed E-state index contributed by atoms with van der Waals surface area (Å²) in [6.07, 6.45) is 6.43. The summed E-state index contributed by atoms with van der Waals surface area (Å²) in [6.45, 7) is 6.26. The molecular formula is C20H25N3O. The molecule has 4 heteroatoms. The Morgan fingerprint density at radius 1 is 1.42 bits per heavy atom. The molecular weight excluding hydrogens is 298 g/mol. The van der Waals surface area contributed by atoms with Crippen LogP contribution in [0.25, 0.3) is 10.9 Å². The van der Waals surface area contributed by atoms with E-state index in [0.717, 1.165) is 42.1 Å². The van der Waals surface area contributed by atoms with Crippen LogP contribution in [0.4, 0.5) is 0 Å². The fourth-order valence-electron chi connectivity index (χ4n) is 4.52. The molecule has 2 bridgehead atoms. The van der Waals surface area contributed by atoms with Crippen LogP contribution in [0, 0.1) is 11.8 Å². The lowest BCUT2D eigenvalue weighted by Crippen LogP contribution is -2.56. The number of aromatic nitrogens is 1. The highest BCUT2D eigenvalue weighted by atomic mass is 16.5. The van der Waals surface area contributed by atoms with Crippen LogP contribution >= 0.6 is 0 Å². The van der Waals surface area contributed by atoms with Gasteiger partial charge in [0.1, 0.15) is 5.75 Å². The lowest BCUT2D eigenvalue weighted by Gasteiger charge is -2.51. The zero-order valence-electron chi connectivity index (χ0n) is 14.2. The van der Waals surface area contributed by atoms with Crippen molar-refractivity contribution in [2.45, 2.75) is 24.9 Å². The maximum Gasteiger partial charge on any atom is 0.119 e. The van der Waals surface area contributed by atoms with Gasteiger partial charge in [-0.2, -0.15) is 0 Å². The number of hydrogen-bond donors (Lipinski definition) is 1. The van der Waals surface area contributed by atoms with Gasteiger partial charge in [0.15, 0.2) is 0 Å². The largest absolute Gasteiger partial charge is 0.497 e. The molecule has 4 heterocycles. The zero-order valence-corrected chi connectivity index (χ0v) is 14.2. The standard InChI is InChI=1S/C20H25N3O/c1-3-13-12-23-9-7-14(13)10-19(23)20(21)16-6-8-22-18-5-4-15(24-2)11-17(16)18/h3-6,8,11,13-14,19-20H,1,7,9-10,12,21H2,2H3/t13-,14+,19+,20-/m1/s1. The fraction of sp³-hybridized carbons (Fsp3) is 0.450. The second-order valence-corrected chi connectivity index (χ2v) is 7.06. The fourth-order valence-corrected chi connectivity index (χ4v) is 4.52. The first-order chi connectivity index (χ1) is 11.7. The molecule has 3 fully saturated rings. The van der Waals surface area contributed by atoms with Crippen LogP contribution in [-0.2, 0) is 0 Å². The monoisotopic (exact) mass is 323 g/mol. The van der Waals surface area contributed by atoms with Gasteiger partial charge in [0.2, 0.25) is 0 Å². The Morgan fingerprint density at radius 3 is 3.00 bits per heavy atom. The van der Waals surface area contributed by atoms with E-state index in [1.165, 1.54) is 12.0 Å². The molecule has 24 heavy (non-hydrogen) atoms. The van der Waals surface area contributed by atoms with Crippen molar-refractivity contribution in [1.29, 1.82) is 0 Å². The quantitative estimate of drug-likeness (QED) is 0.878. The third-order valence-electron chi connectivity index (χ3n) is 5.91. The maximum atomic E-state index is 6.76. The number of ether oxygens (including phenoxy) is 1. The Morgan fingerprint density at radius 2 is 2.29 bits per heavy atom. The van der Waals surface area contributed by atoms with Crippen molar-refractivity contribution < 1.29 is 4.74 Å². The predicted octanol–water partition coefficient (Wildman–Crippen LogP) is 3.14. The average molecular weight is 323 g/mol. The highest BCUT2D eigenvalue weighted by Crippen LogP contribution is 2.41. The average Bonchev–Trinajstić information content (AvgIpc) is 2.66. The van der Waals surface area contributed by atoms with E-state index in [1.54, 1.807) is 7.11 Å². The molecule has 3 aliphatic heterocycles. The summed E-state index contributed by atoms with van der Waals surface area (Å²) >= 11 is 0. The minimum atomic E-state index is -0.00354. The van der Waals surface area contributed by atoms with Crippen molar-refractivity contribution in [3.05, 3.63) is 48.7 Å². The van der Waals surface area contributed by atoms with E-state index in [2.05, 4.69) is 34.7 Å². The summed E-state index contributed by atoms with van der Waals surface area (Å²) in [5, 5.41) is 1.10. The smallest absolute Gasteiger partial charge is 0.119 e. The number of rotatable bonds is 4. The van der Waals surface area contributed by atoms with Gasteiger partial charge < -0.3 is 10.5 Å². The summed E-state index contributed by atoms with van der Waals surface area (Å²) in [6, 6.07) is 8.48. The molecule has 0 amide bonds. The Bertz CT molecular complexity index is 760. The van der Waals surface area contributed by atoms with E-state index >= 15 is 0 Å². The number of piperidine rings is 3. The SMILES string of the molecule is C=C[C@@H]1CN2CC[C@H]1C[C@H]2[C@H](N)c1ccnc2ccc(OC)cc12. The van der Waals surface area contributed by atoms with E-state index in [-0.39, 0.29) is 6.04 Å². The first kappa shape index (κ1) is 15.6. The number of hydrogen-bond acceptors (Lipinski definition) is 4. The summed E-state index contributed by atoms with van der Waals surface area (Å²) in [5.74, 6) is 2.20. The van der Waals surface area contributed by atoms with Gasteiger partial charge in [0, 0.05) is 30.2 Å². The molecule has 1 aromatic carbocycles. The summed E-state index contributed by atoms with van der Waals surface area (Å²) in [5.41, 5.74) is 8.91. The molecule has 0 aliphatic carbocycles. The highest BCUT2D eigenvalue weighted by Gasteiger charge is 2.41. The molecule has 5 atom stereocenters. The van der Waals surface area contributed by atoms with Gasteiger partial charge in [-0.05, 0) is 61.1 Å². The van der Waals surface area contributed by atoms with E-state index in [9.17, 15) is 0 Å². The number of methoxy groups -OCH3 is 1. The number of nitrogens with zero attached hydrogens (tertiary/aromatic N) is 2. The van der Waals surface area contributed by atoms with Gasteiger partial charge in [-0.3, -0.25) is 9.88 Å². The molecule has 3 aliphatic rings. The van der Waals surface area contributed by atoms with Crippen molar-refractivity contribution in [3.8, 4) is 5.75 Å². The molecule has 2 N–H and O–H groups in total. The molecule has 1 unspecified atom stereocenters. The third kappa shape index (κ3) is 2.50. The molecule has 0 radical (unpaired) electrons. The van der Waals surface area contributed by atoms with Crippen molar-refractivity contribution in [2.75, 3.05) is 20.2 Å². The van der Waals surface area contributed by atoms with Crippen molar-refractivity contribution in [3.63, 3.8) is 0 Å². The number of pyridine rings is 1. The van der Waals surface area contributed by atoms with Crippen molar-refractivity contribution in [1.82, 2.24) is 9.88 Å². The van der Waals surface area contributed by atoms with Crippen LogP contribution in [0.2, 0.25) is 0 Å². The van der Waals surface area contributed by atoms with E-state index in [1.807, 2.05) is 18.3 Å². The Labute approximate surface area is 143 Å². The van der Waals surface area contributed by atoms with Crippen LogP contribution in [0.15, 0.2) is 43.1 Å². The molecule has 126 valence electrons. The molecule has 3 saturated heterocycles. The first-order valence-corrected chi connectivity index (χ1v) is 8.76. The normalized spacial score (nSPS) is 30.2. The molecule has 1 aromatic heterocycles. The van der Waals surface area contributed by atoms with Crippen LogP contribution < -0.4 is 10.5 Å². The zero-order chi connectivity index (χ0) is 16.7. The summed E-state index contributed by atoms with van der Waals surface area (Å²) in [4.78, 5) is 7.04. The third-order valence-corrected chi connectivity index (χ3v) is 5.91. The maximum absolute atomic E-state index is 6.76. The van der Waals surface area contributed by atoms with Gasteiger partial charge in [-0.15, -0.1) is 6.58 Å². The minimum Gasteiger partial charge on any atom is -0.497 e. The minimum absolute atomic E-state index is 0.00354. The summed E-state index contributed by atoms with van der Waals surface area (Å²) in [7, 11) is 1.69. The van der Waals surface area contributed by atoms with Crippen LogP contribution in [0.5, 0.6) is 5.75 Å². The van der Waals surface area contributed by atoms with Crippen molar-refractivity contribution >= 4 is 10.9 Å². The number of fused-ring (bicyclic) bond motifs is 4. The van der Waals surface area contributed by atoms with E-state index in [0.29, 0.717) is 12.0 Å². The second-order valence-electron chi connectivity index (χ2n) is 7.06. The Kier molecular flexibility index (Phi) is 4.02. The van der Waals surface area contributed by atoms with Crippen LogP contribution in [0.1, 0.15) is 24.4 Å². The number of benzene rings is 1. The Hall–Kier alpha value is -1.91. The Balaban J connectivity index is 1.69. The first-order valence-electron chi connectivity index (χ1n) is 8.76. The molecule has 5 rings (SSSR count). The lowest BCUT2D eigenvalue weighted by atomic mass is 9.73. The number of nitrogens with two attached hydrogens (primary N) is 1. The molecule has 0 saturated carbocycles. The van der Waals surface area contributed by atoms with Gasteiger partial charge in [0.25, 0.3) is 0 Å². The molecule has 4 nitrogen and oxygen atoms in total. The topological polar surface area (TPSA) is 51.4 Å². The second kappa shape index (κ2) is 6.19. The molecule has 0 spiro atoms.